The highest BCUT2D eigenvalue weighted by Gasteiger charge is 2.09. The Morgan fingerprint density at radius 2 is 2.22 bits per heavy atom. The Hall–Kier alpha value is -0.670. The fourth-order valence-corrected chi connectivity index (χ4v) is 0.257. The van der Waals surface area contributed by atoms with E-state index in [1.165, 1.54) is 0 Å². The molecule has 0 spiro atoms. The topological polar surface area (TPSA) is 26.3 Å². The van der Waals surface area contributed by atoms with Gasteiger partial charge in [-0.3, -0.25) is 4.70 Å². The van der Waals surface area contributed by atoms with Crippen LogP contribution in [0.25, 0.3) is 0 Å². The monoisotopic (exact) mass is 140 g/mol. The van der Waals surface area contributed by atoms with E-state index in [9.17, 15) is 9.18 Å². The van der Waals surface area contributed by atoms with Crippen molar-refractivity contribution in [1.29, 1.82) is 0 Å². The molecule has 0 radical (unpaired) electrons. The second kappa shape index (κ2) is 5.47. The smallest absolute Gasteiger partial charge is 0.340 e. The van der Waals surface area contributed by atoms with Crippen LogP contribution in [0, 0.1) is 0 Å². The summed E-state index contributed by atoms with van der Waals surface area (Å²) in [6.07, 6.45) is -1.49. The van der Waals surface area contributed by atoms with E-state index in [2.05, 4.69) is 4.74 Å². The van der Waals surface area contributed by atoms with Gasteiger partial charge in [-0.15, -0.1) is 0 Å². The second-order valence-corrected chi connectivity index (χ2v) is 1.37. The van der Waals surface area contributed by atoms with Gasteiger partial charge in [-0.05, 0) is 13.8 Å². The van der Waals surface area contributed by atoms with Crippen molar-refractivity contribution >= 4 is 5.97 Å². The lowest BCUT2D eigenvalue weighted by atomic mass is 10.5. The minimum absolute atomic E-state index is 0. The molecule has 0 aliphatic carbocycles. The molecule has 56 valence electrons. The molecule has 0 amide bonds. The highest BCUT2D eigenvalue weighted by Crippen LogP contribution is 1.90. The number of alkyl halides is 1. The summed E-state index contributed by atoms with van der Waals surface area (Å²) < 4.78 is 16.1. The average Bonchev–Trinajstić information content (AvgIpc) is 1.67. The van der Waals surface area contributed by atoms with E-state index in [1.807, 2.05) is 0 Å². The molecular formula is C5H10F2O2. The van der Waals surface area contributed by atoms with Crippen molar-refractivity contribution in [2.75, 3.05) is 6.61 Å². The average molecular weight is 140 g/mol. The van der Waals surface area contributed by atoms with E-state index in [4.69, 9.17) is 0 Å². The summed E-state index contributed by atoms with van der Waals surface area (Å²) in [6.45, 7) is 3.03. The van der Waals surface area contributed by atoms with E-state index < -0.39 is 12.1 Å². The van der Waals surface area contributed by atoms with Gasteiger partial charge in [-0.1, -0.05) is 0 Å². The first kappa shape index (κ1) is 11.2. The molecule has 9 heavy (non-hydrogen) atoms. The van der Waals surface area contributed by atoms with Gasteiger partial charge in [0.25, 0.3) is 0 Å². The first-order valence-electron chi connectivity index (χ1n) is 2.49. The van der Waals surface area contributed by atoms with Gasteiger partial charge in [0.15, 0.2) is 6.17 Å². The summed E-state index contributed by atoms with van der Waals surface area (Å²) in [5.74, 6) is -0.785. The molecule has 0 fully saturated rings. The molecular weight excluding hydrogens is 130 g/mol. The predicted octanol–water partition coefficient (Wildman–Crippen LogP) is 1.06. The zero-order valence-corrected chi connectivity index (χ0v) is 5.39. The van der Waals surface area contributed by atoms with E-state index in [1.54, 1.807) is 6.92 Å². The van der Waals surface area contributed by atoms with Gasteiger partial charge in [0.05, 0.1) is 6.61 Å². The summed E-state index contributed by atoms with van der Waals surface area (Å²) in [5.41, 5.74) is 0. The number of carbonyl (C=O) groups is 1. The fourth-order valence-electron chi connectivity index (χ4n) is 0.257. The highest BCUT2D eigenvalue weighted by atomic mass is 19.1. The number of hydrogen-bond acceptors (Lipinski definition) is 2. The van der Waals surface area contributed by atoms with E-state index in [0.717, 1.165) is 6.92 Å². The zero-order valence-electron chi connectivity index (χ0n) is 5.39. The maximum absolute atomic E-state index is 11.8. The number of esters is 1. The maximum atomic E-state index is 11.8. The van der Waals surface area contributed by atoms with Crippen LogP contribution in [0.2, 0.25) is 0 Å². The summed E-state index contributed by atoms with van der Waals surface area (Å²) in [7, 11) is 0. The van der Waals surface area contributed by atoms with Gasteiger partial charge >= 0.3 is 5.97 Å². The molecule has 0 aliphatic rings. The Labute approximate surface area is 52.4 Å². The highest BCUT2D eigenvalue weighted by molar-refractivity contribution is 5.73. The minimum Gasteiger partial charge on any atom is -0.464 e. The van der Waals surface area contributed by atoms with Gasteiger partial charge in [-0.25, -0.2) is 9.18 Å². The molecule has 0 heterocycles. The van der Waals surface area contributed by atoms with Crippen LogP contribution in [-0.2, 0) is 9.53 Å². The molecule has 0 aromatic rings. The second-order valence-electron chi connectivity index (χ2n) is 1.37. The van der Waals surface area contributed by atoms with Crippen LogP contribution in [0.4, 0.5) is 9.09 Å². The molecule has 0 aromatic heterocycles. The number of ether oxygens (including phenoxy) is 1. The zero-order chi connectivity index (χ0) is 6.57. The third-order valence-electron chi connectivity index (χ3n) is 0.611. The lowest BCUT2D eigenvalue weighted by Gasteiger charge is -1.99. The number of rotatable bonds is 2. The van der Waals surface area contributed by atoms with Crippen molar-refractivity contribution in [3.05, 3.63) is 0 Å². The number of carbonyl (C=O) groups excluding carboxylic acids is 1. The van der Waals surface area contributed by atoms with Crippen LogP contribution in [-0.4, -0.2) is 18.7 Å². The normalized spacial score (nSPS) is 11.4. The maximum Gasteiger partial charge on any atom is 0.340 e. The molecule has 0 aromatic carbocycles. The number of hydrogen-bond donors (Lipinski definition) is 0. The Morgan fingerprint density at radius 3 is 2.33 bits per heavy atom. The Morgan fingerprint density at radius 1 is 1.78 bits per heavy atom. The largest absolute Gasteiger partial charge is 0.464 e. The lowest BCUT2D eigenvalue weighted by Crippen LogP contribution is -2.14. The van der Waals surface area contributed by atoms with Gasteiger partial charge in [0, 0.05) is 0 Å². The van der Waals surface area contributed by atoms with Crippen molar-refractivity contribution in [1.82, 2.24) is 0 Å². The third-order valence-corrected chi connectivity index (χ3v) is 0.611. The van der Waals surface area contributed by atoms with E-state index in [-0.39, 0.29) is 11.3 Å². The van der Waals surface area contributed by atoms with Crippen LogP contribution in [0.15, 0.2) is 0 Å². The van der Waals surface area contributed by atoms with Gasteiger partial charge in [-0.2, -0.15) is 0 Å². The summed E-state index contributed by atoms with van der Waals surface area (Å²) in [6, 6.07) is 0. The molecule has 0 saturated carbocycles. The molecule has 4 heteroatoms. The summed E-state index contributed by atoms with van der Waals surface area (Å²) >= 11 is 0. The van der Waals surface area contributed by atoms with Crippen LogP contribution < -0.4 is 0 Å². The lowest BCUT2D eigenvalue weighted by molar-refractivity contribution is -0.148. The van der Waals surface area contributed by atoms with Crippen molar-refractivity contribution in [2.45, 2.75) is 20.0 Å². The molecule has 0 aliphatic heterocycles. The van der Waals surface area contributed by atoms with Crippen LogP contribution in [0.3, 0.4) is 0 Å². The fraction of sp³-hybridized carbons (Fsp3) is 0.800. The summed E-state index contributed by atoms with van der Waals surface area (Å²) in [4.78, 5) is 10.1. The molecule has 1 atom stereocenters. The molecule has 0 rings (SSSR count). The summed E-state index contributed by atoms with van der Waals surface area (Å²) in [5, 5.41) is 0. The van der Waals surface area contributed by atoms with Gasteiger partial charge < -0.3 is 4.74 Å². The quantitative estimate of drug-likeness (QED) is 0.536. The molecule has 0 N–H and O–H groups in total. The van der Waals surface area contributed by atoms with Crippen molar-refractivity contribution in [3.8, 4) is 0 Å². The Kier molecular flexibility index (Phi) is 6.78. The predicted molar refractivity (Wildman–Crippen MR) is 29.7 cm³/mol. The molecule has 1 unspecified atom stereocenters. The first-order chi connectivity index (χ1) is 3.68. The third kappa shape index (κ3) is 5.20. The van der Waals surface area contributed by atoms with Gasteiger partial charge in [0.1, 0.15) is 0 Å². The Balaban J connectivity index is 0. The standard InChI is InChI=1S/C5H9FO2.FH/c1-3-8-5(7)4(2)6;/h4H,3H2,1-2H3;1H. The molecule has 0 bridgehead atoms. The van der Waals surface area contributed by atoms with Crippen LogP contribution in [0.1, 0.15) is 13.8 Å². The van der Waals surface area contributed by atoms with Gasteiger partial charge in [0.2, 0.25) is 0 Å². The first-order valence-corrected chi connectivity index (χ1v) is 2.49. The SMILES string of the molecule is CCOC(=O)C(C)F.F. The Bertz CT molecular complexity index is 83.0. The molecule has 2 nitrogen and oxygen atoms in total. The van der Waals surface area contributed by atoms with E-state index in [0.29, 0.717) is 0 Å². The van der Waals surface area contributed by atoms with Crippen LogP contribution in [0.5, 0.6) is 0 Å². The van der Waals surface area contributed by atoms with Crippen molar-refractivity contribution in [2.24, 2.45) is 0 Å². The van der Waals surface area contributed by atoms with Crippen molar-refractivity contribution in [3.63, 3.8) is 0 Å². The number of halogens is 2. The minimum atomic E-state index is -1.49. The van der Waals surface area contributed by atoms with Crippen LogP contribution >= 0.6 is 0 Å². The molecule has 0 saturated heterocycles. The van der Waals surface area contributed by atoms with Crippen molar-refractivity contribution < 1.29 is 18.6 Å². The van der Waals surface area contributed by atoms with E-state index >= 15 is 0 Å².